The van der Waals surface area contributed by atoms with Gasteiger partial charge in [-0.25, -0.2) is 0 Å². The van der Waals surface area contributed by atoms with Gasteiger partial charge >= 0.3 is 5.97 Å². The number of aryl methyl sites for hydroxylation is 1. The fourth-order valence-corrected chi connectivity index (χ4v) is 5.24. The molecule has 2 heterocycles. The lowest BCUT2D eigenvalue weighted by Crippen LogP contribution is -2.59. The van der Waals surface area contributed by atoms with E-state index in [0.717, 1.165) is 0 Å². The van der Waals surface area contributed by atoms with Crippen LogP contribution < -0.4 is 26.6 Å². The Balaban J connectivity index is 2.15. The Hall–Kier alpha value is -3.62. The second kappa shape index (κ2) is 17.8. The molecule has 6 atom stereocenters. The normalized spacial score (nSPS) is 17.9. The first kappa shape index (κ1) is 37.6. The number of hydrogen-bond donors (Lipinski definition) is 6. The summed E-state index contributed by atoms with van der Waals surface area (Å²) < 4.78 is 9.95. The third-order valence-corrected chi connectivity index (χ3v) is 7.91. The van der Waals surface area contributed by atoms with E-state index in [9.17, 15) is 28.8 Å². The Bertz CT molecular complexity index is 1200. The molecule has 2 rings (SSSR count). The zero-order chi connectivity index (χ0) is 33.8. The van der Waals surface area contributed by atoms with Gasteiger partial charge in [-0.05, 0) is 51.9 Å². The minimum absolute atomic E-state index is 0.00827. The monoisotopic (exact) mass is 652 g/mol. The van der Waals surface area contributed by atoms with Gasteiger partial charge < -0.3 is 35.8 Å². The number of thiol groups is 1. The molecule has 0 aromatic carbocycles. The number of ether oxygens (including phenoxy) is 1. The number of carbonyl (C=O) groups excluding carboxylic acids is 6. The summed E-state index contributed by atoms with van der Waals surface area (Å²) in [6.07, 6.45) is 1.05. The quantitative estimate of drug-likeness (QED) is 0.105. The van der Waals surface area contributed by atoms with Crippen molar-refractivity contribution in [1.29, 1.82) is 0 Å². The van der Waals surface area contributed by atoms with E-state index in [-0.39, 0.29) is 55.2 Å². The molecule has 1 aliphatic heterocycles. The number of aromatic nitrogens is 1. The summed E-state index contributed by atoms with van der Waals surface area (Å²) in [6, 6.07) is -2.23. The highest BCUT2D eigenvalue weighted by Crippen LogP contribution is 2.22. The minimum Gasteiger partial charge on any atom is -0.466 e. The summed E-state index contributed by atoms with van der Waals surface area (Å²) in [6.45, 7) is 12.8. The molecule has 1 fully saturated rings. The molecular formula is C30H48N6O8S. The lowest BCUT2D eigenvalue weighted by Gasteiger charge is -2.30. The van der Waals surface area contributed by atoms with Crippen LogP contribution in [0.5, 0.6) is 0 Å². The first-order valence-electron chi connectivity index (χ1n) is 15.4. The van der Waals surface area contributed by atoms with Crippen molar-refractivity contribution in [1.82, 2.24) is 31.7 Å². The topological polar surface area (TPSA) is 198 Å². The Morgan fingerprint density at radius 3 is 2.27 bits per heavy atom. The molecule has 0 saturated carbocycles. The number of nitrogens with one attached hydrogen (secondary N) is 5. The van der Waals surface area contributed by atoms with Gasteiger partial charge in [-0.1, -0.05) is 32.9 Å². The van der Waals surface area contributed by atoms with Gasteiger partial charge in [0.15, 0.2) is 5.69 Å². The molecule has 0 radical (unpaired) electrons. The molecule has 1 aliphatic rings. The Morgan fingerprint density at radius 1 is 1.04 bits per heavy atom. The van der Waals surface area contributed by atoms with Crippen LogP contribution in [0.1, 0.15) is 83.5 Å². The molecule has 45 heavy (non-hydrogen) atoms. The molecule has 1 saturated heterocycles. The summed E-state index contributed by atoms with van der Waals surface area (Å²) in [5.41, 5.74) is 0.0189. The van der Waals surface area contributed by atoms with Crippen molar-refractivity contribution in [3.8, 4) is 0 Å². The summed E-state index contributed by atoms with van der Waals surface area (Å²) in [5, 5.41) is 16.7. The maximum atomic E-state index is 13.7. The van der Waals surface area contributed by atoms with Crippen molar-refractivity contribution < 1.29 is 38.0 Å². The van der Waals surface area contributed by atoms with Crippen LogP contribution in [-0.2, 0) is 28.7 Å². The number of rotatable bonds is 17. The van der Waals surface area contributed by atoms with Crippen molar-refractivity contribution in [2.75, 3.05) is 13.2 Å². The molecule has 15 heteroatoms. The molecule has 5 amide bonds. The Morgan fingerprint density at radius 2 is 1.73 bits per heavy atom. The van der Waals surface area contributed by atoms with Crippen molar-refractivity contribution in [3.05, 3.63) is 17.5 Å². The SMILES string of the molecule is CCOC(=O)C[C@H](S)[C@@H](C[C@@H]1CCNC1=O)NC(=O)[C@H](CC(C)C)NC(=O)[C@@H](NC(=O)[C@H](C)NC(=O)c1cc(C)on1)C(C)C. The van der Waals surface area contributed by atoms with Gasteiger partial charge in [-0.15, -0.1) is 0 Å². The van der Waals surface area contributed by atoms with Crippen molar-refractivity contribution in [3.63, 3.8) is 0 Å². The number of nitrogens with zero attached hydrogens (tertiary/aromatic N) is 1. The molecule has 0 aliphatic carbocycles. The number of esters is 1. The van der Waals surface area contributed by atoms with Crippen molar-refractivity contribution >= 4 is 48.1 Å². The van der Waals surface area contributed by atoms with E-state index >= 15 is 0 Å². The number of carbonyl (C=O) groups is 6. The second-order valence-corrected chi connectivity index (χ2v) is 12.8. The molecular weight excluding hydrogens is 604 g/mol. The molecule has 1 aromatic rings. The molecule has 0 bridgehead atoms. The van der Waals surface area contributed by atoms with Gasteiger partial charge in [0.25, 0.3) is 5.91 Å². The molecule has 14 nitrogen and oxygen atoms in total. The fourth-order valence-electron chi connectivity index (χ4n) is 4.89. The van der Waals surface area contributed by atoms with Gasteiger partial charge in [-0.2, -0.15) is 12.6 Å². The number of amides is 5. The third-order valence-electron chi connectivity index (χ3n) is 7.36. The van der Waals surface area contributed by atoms with Gasteiger partial charge in [0.1, 0.15) is 23.9 Å². The van der Waals surface area contributed by atoms with Crippen LogP contribution in [0.4, 0.5) is 0 Å². The van der Waals surface area contributed by atoms with Gasteiger partial charge in [0, 0.05) is 29.8 Å². The van der Waals surface area contributed by atoms with E-state index in [1.807, 2.05) is 13.8 Å². The van der Waals surface area contributed by atoms with E-state index in [1.54, 1.807) is 27.7 Å². The average molecular weight is 653 g/mol. The Kier molecular flexibility index (Phi) is 14.8. The van der Waals surface area contributed by atoms with Gasteiger partial charge in [-0.3, -0.25) is 28.8 Å². The van der Waals surface area contributed by atoms with E-state index in [2.05, 4.69) is 44.4 Å². The van der Waals surface area contributed by atoms with E-state index in [4.69, 9.17) is 9.26 Å². The van der Waals surface area contributed by atoms with E-state index in [1.165, 1.54) is 13.0 Å². The van der Waals surface area contributed by atoms with Crippen LogP contribution in [0, 0.1) is 24.7 Å². The summed E-state index contributed by atoms with van der Waals surface area (Å²) in [7, 11) is 0. The van der Waals surface area contributed by atoms with Crippen molar-refractivity contribution in [2.45, 2.75) is 104 Å². The Labute approximate surface area is 269 Å². The predicted octanol–water partition coefficient (Wildman–Crippen LogP) is 1.04. The van der Waals surface area contributed by atoms with Crippen LogP contribution in [0.15, 0.2) is 10.6 Å². The highest BCUT2D eigenvalue weighted by Gasteiger charge is 2.35. The average Bonchev–Trinajstić information content (AvgIpc) is 3.57. The van der Waals surface area contributed by atoms with E-state index < -0.39 is 59.0 Å². The van der Waals surface area contributed by atoms with E-state index in [0.29, 0.717) is 18.7 Å². The standard InChI is InChI=1S/C30H48N6O8S/c1-8-43-24(37)14-23(45)20(13-19-9-10-31-27(19)39)33-28(40)21(11-15(2)3)34-30(42)25(16(4)5)35-26(38)18(7)32-29(41)22-12-17(6)44-36-22/h12,15-16,18-21,23,25,45H,8-11,13-14H2,1-7H3,(H,31,39)(H,32,41)(H,33,40)(H,34,42)(H,35,38)/t18-,19-,20+,21-,23-,25-/m0/s1. The smallest absolute Gasteiger partial charge is 0.306 e. The molecule has 252 valence electrons. The van der Waals surface area contributed by atoms with Crippen LogP contribution >= 0.6 is 12.6 Å². The van der Waals surface area contributed by atoms with Crippen LogP contribution in [-0.4, -0.2) is 83.2 Å². The lowest BCUT2D eigenvalue weighted by atomic mass is 9.94. The molecule has 1 aromatic heterocycles. The third kappa shape index (κ3) is 12.0. The first-order chi connectivity index (χ1) is 21.1. The van der Waals surface area contributed by atoms with Crippen LogP contribution in [0.25, 0.3) is 0 Å². The molecule has 0 spiro atoms. The summed E-state index contributed by atoms with van der Waals surface area (Å²) in [4.78, 5) is 77.0. The summed E-state index contributed by atoms with van der Waals surface area (Å²) >= 11 is 4.59. The highest BCUT2D eigenvalue weighted by atomic mass is 32.1. The first-order valence-corrected chi connectivity index (χ1v) is 15.9. The largest absolute Gasteiger partial charge is 0.466 e. The predicted molar refractivity (Wildman–Crippen MR) is 168 cm³/mol. The van der Waals surface area contributed by atoms with Gasteiger partial charge in [0.2, 0.25) is 23.6 Å². The van der Waals surface area contributed by atoms with Crippen molar-refractivity contribution in [2.24, 2.45) is 17.8 Å². The minimum atomic E-state index is -1.02. The highest BCUT2D eigenvalue weighted by molar-refractivity contribution is 7.81. The lowest BCUT2D eigenvalue weighted by molar-refractivity contribution is -0.143. The zero-order valence-corrected chi connectivity index (χ0v) is 28.0. The molecule has 0 unspecified atom stereocenters. The maximum absolute atomic E-state index is 13.7. The van der Waals surface area contributed by atoms with Crippen LogP contribution in [0.2, 0.25) is 0 Å². The van der Waals surface area contributed by atoms with Crippen LogP contribution in [0.3, 0.4) is 0 Å². The summed E-state index contributed by atoms with van der Waals surface area (Å²) in [5.74, 6) is -3.17. The maximum Gasteiger partial charge on any atom is 0.306 e. The zero-order valence-electron chi connectivity index (χ0n) is 27.1. The molecule has 5 N–H and O–H groups in total. The second-order valence-electron chi connectivity index (χ2n) is 12.1. The fraction of sp³-hybridized carbons (Fsp3) is 0.700. The number of hydrogen-bond acceptors (Lipinski definition) is 10. The van der Waals surface area contributed by atoms with Gasteiger partial charge in [0.05, 0.1) is 13.0 Å².